The minimum absolute atomic E-state index is 0.0629. The summed E-state index contributed by atoms with van der Waals surface area (Å²) in [4.78, 5) is 36.5. The van der Waals surface area contributed by atoms with Crippen LogP contribution in [0.4, 0.5) is 11.4 Å². The fraction of sp³-hybridized carbons (Fsp3) is 0.375. The summed E-state index contributed by atoms with van der Waals surface area (Å²) >= 11 is 0. The summed E-state index contributed by atoms with van der Waals surface area (Å²) in [6, 6.07) is 14.3. The molecule has 0 radical (unpaired) electrons. The molecule has 1 aliphatic rings. The Morgan fingerprint density at radius 3 is 2.30 bits per heavy atom. The van der Waals surface area contributed by atoms with Crippen molar-refractivity contribution >= 4 is 29.1 Å². The molecule has 1 saturated carbocycles. The van der Waals surface area contributed by atoms with E-state index in [1.165, 1.54) is 0 Å². The maximum absolute atomic E-state index is 12.4. The van der Waals surface area contributed by atoms with Crippen LogP contribution in [-0.2, 0) is 16.1 Å². The lowest BCUT2D eigenvalue weighted by Gasteiger charge is -2.12. The Labute approximate surface area is 177 Å². The van der Waals surface area contributed by atoms with Crippen molar-refractivity contribution in [1.82, 2.24) is 5.32 Å². The highest BCUT2D eigenvalue weighted by molar-refractivity contribution is 5.96. The molecule has 158 valence electrons. The Morgan fingerprint density at radius 1 is 0.933 bits per heavy atom. The normalized spacial score (nSPS) is 13.8. The van der Waals surface area contributed by atoms with E-state index in [1.54, 1.807) is 24.3 Å². The molecule has 30 heavy (non-hydrogen) atoms. The third kappa shape index (κ3) is 5.92. The molecule has 0 unspecified atom stereocenters. The second-order valence-corrected chi connectivity index (χ2v) is 8.07. The Morgan fingerprint density at radius 2 is 1.63 bits per heavy atom. The minimum Gasteiger partial charge on any atom is -0.348 e. The monoisotopic (exact) mass is 407 g/mol. The van der Waals surface area contributed by atoms with Crippen molar-refractivity contribution in [3.8, 4) is 0 Å². The van der Waals surface area contributed by atoms with E-state index in [0.29, 0.717) is 17.8 Å². The van der Waals surface area contributed by atoms with Crippen molar-refractivity contribution in [2.45, 2.75) is 46.1 Å². The quantitative estimate of drug-likeness (QED) is 0.638. The lowest BCUT2D eigenvalue weighted by Crippen LogP contribution is -2.23. The van der Waals surface area contributed by atoms with Crippen molar-refractivity contribution in [3.63, 3.8) is 0 Å². The largest absolute Gasteiger partial charge is 0.348 e. The van der Waals surface area contributed by atoms with Crippen molar-refractivity contribution < 1.29 is 14.4 Å². The summed E-state index contributed by atoms with van der Waals surface area (Å²) in [7, 11) is 0. The minimum atomic E-state index is -0.197. The van der Waals surface area contributed by atoms with Crippen LogP contribution in [0.2, 0.25) is 0 Å². The number of anilines is 2. The SMILES string of the molecule is CC(C)C(=O)Nc1ccc(C(=O)NCc2cccc(NC(=O)C3CCCC3)c2)cc1. The van der Waals surface area contributed by atoms with Crippen molar-refractivity contribution in [1.29, 1.82) is 0 Å². The molecule has 0 bridgehead atoms. The summed E-state index contributed by atoms with van der Waals surface area (Å²) in [6.45, 7) is 4.01. The smallest absolute Gasteiger partial charge is 0.251 e. The third-order valence-corrected chi connectivity index (χ3v) is 5.31. The van der Waals surface area contributed by atoms with E-state index in [-0.39, 0.29) is 29.6 Å². The molecule has 3 amide bonds. The predicted molar refractivity (Wildman–Crippen MR) is 118 cm³/mol. The number of carbonyl (C=O) groups excluding carboxylic acids is 3. The second-order valence-electron chi connectivity index (χ2n) is 8.07. The molecular formula is C24H29N3O3. The summed E-state index contributed by atoms with van der Waals surface area (Å²) in [5.41, 5.74) is 2.84. The van der Waals surface area contributed by atoms with Gasteiger partial charge in [-0.25, -0.2) is 0 Å². The number of nitrogens with one attached hydrogen (secondary N) is 3. The molecule has 2 aromatic rings. The van der Waals surface area contributed by atoms with Crippen molar-refractivity contribution in [2.75, 3.05) is 10.6 Å². The van der Waals surface area contributed by atoms with Crippen LogP contribution in [0.25, 0.3) is 0 Å². The first kappa shape index (κ1) is 21.6. The van der Waals surface area contributed by atoms with Gasteiger partial charge in [-0.15, -0.1) is 0 Å². The van der Waals surface area contributed by atoms with E-state index in [9.17, 15) is 14.4 Å². The van der Waals surface area contributed by atoms with Gasteiger partial charge >= 0.3 is 0 Å². The van der Waals surface area contributed by atoms with E-state index in [0.717, 1.165) is 36.9 Å². The predicted octanol–water partition coefficient (Wildman–Crippen LogP) is 4.34. The van der Waals surface area contributed by atoms with Crippen LogP contribution in [0.3, 0.4) is 0 Å². The molecule has 6 nitrogen and oxygen atoms in total. The van der Waals surface area contributed by atoms with Crippen LogP contribution < -0.4 is 16.0 Å². The average Bonchev–Trinajstić information content (AvgIpc) is 3.28. The summed E-state index contributed by atoms with van der Waals surface area (Å²) in [5, 5.41) is 8.68. The number of hydrogen-bond acceptors (Lipinski definition) is 3. The van der Waals surface area contributed by atoms with Crippen LogP contribution in [0.5, 0.6) is 0 Å². The van der Waals surface area contributed by atoms with Gasteiger partial charge < -0.3 is 16.0 Å². The summed E-state index contributed by atoms with van der Waals surface area (Å²) in [6.07, 6.45) is 4.16. The molecule has 6 heteroatoms. The first-order valence-corrected chi connectivity index (χ1v) is 10.5. The van der Waals surface area contributed by atoms with Crippen molar-refractivity contribution in [3.05, 3.63) is 59.7 Å². The zero-order valence-corrected chi connectivity index (χ0v) is 17.5. The van der Waals surface area contributed by atoms with E-state index >= 15 is 0 Å². The molecule has 3 rings (SSSR count). The highest BCUT2D eigenvalue weighted by Crippen LogP contribution is 2.26. The molecule has 0 heterocycles. The van der Waals surface area contributed by atoms with Crippen LogP contribution >= 0.6 is 0 Å². The zero-order chi connectivity index (χ0) is 21.5. The molecule has 0 aromatic heterocycles. The van der Waals surface area contributed by atoms with Crippen LogP contribution in [0.1, 0.15) is 55.5 Å². The third-order valence-electron chi connectivity index (χ3n) is 5.31. The molecule has 0 spiro atoms. The number of benzene rings is 2. The van der Waals surface area contributed by atoms with Gasteiger partial charge in [0, 0.05) is 35.3 Å². The lowest BCUT2D eigenvalue weighted by atomic mass is 10.1. The molecule has 0 aliphatic heterocycles. The fourth-order valence-corrected chi connectivity index (χ4v) is 3.47. The first-order valence-electron chi connectivity index (χ1n) is 10.5. The molecule has 3 N–H and O–H groups in total. The van der Waals surface area contributed by atoms with Gasteiger partial charge in [-0.2, -0.15) is 0 Å². The molecule has 1 aliphatic carbocycles. The van der Waals surface area contributed by atoms with Gasteiger partial charge in [0.25, 0.3) is 5.91 Å². The standard InChI is InChI=1S/C24H29N3O3/c1-16(2)22(28)26-20-12-10-19(11-13-20)23(29)25-15-17-6-5-9-21(14-17)27-24(30)18-7-3-4-8-18/h5-6,9-14,16,18H,3-4,7-8,15H2,1-2H3,(H,25,29)(H,26,28)(H,27,30). The van der Waals surface area contributed by atoms with Gasteiger partial charge in [0.2, 0.25) is 11.8 Å². The maximum Gasteiger partial charge on any atom is 0.251 e. The topological polar surface area (TPSA) is 87.3 Å². The Hall–Kier alpha value is -3.15. The Balaban J connectivity index is 1.53. The lowest BCUT2D eigenvalue weighted by molar-refractivity contribution is -0.120. The second kappa shape index (κ2) is 10.1. The van der Waals surface area contributed by atoms with Gasteiger partial charge in [-0.3, -0.25) is 14.4 Å². The average molecular weight is 408 g/mol. The molecular weight excluding hydrogens is 378 g/mol. The van der Waals surface area contributed by atoms with Crippen LogP contribution in [0, 0.1) is 11.8 Å². The number of amides is 3. The van der Waals surface area contributed by atoms with Crippen LogP contribution in [-0.4, -0.2) is 17.7 Å². The van der Waals surface area contributed by atoms with Gasteiger partial charge in [-0.05, 0) is 54.8 Å². The zero-order valence-electron chi connectivity index (χ0n) is 17.5. The molecule has 0 saturated heterocycles. The van der Waals surface area contributed by atoms with E-state index in [1.807, 2.05) is 38.1 Å². The van der Waals surface area contributed by atoms with E-state index in [4.69, 9.17) is 0 Å². The van der Waals surface area contributed by atoms with Gasteiger partial charge in [0.15, 0.2) is 0 Å². The summed E-state index contributed by atoms with van der Waals surface area (Å²) in [5.74, 6) is -0.170. The van der Waals surface area contributed by atoms with E-state index < -0.39 is 0 Å². The Bertz CT molecular complexity index is 900. The van der Waals surface area contributed by atoms with E-state index in [2.05, 4.69) is 16.0 Å². The van der Waals surface area contributed by atoms with Gasteiger partial charge in [0.05, 0.1) is 0 Å². The molecule has 2 aromatic carbocycles. The summed E-state index contributed by atoms with van der Waals surface area (Å²) < 4.78 is 0. The fourth-order valence-electron chi connectivity index (χ4n) is 3.47. The molecule has 1 fully saturated rings. The number of rotatable bonds is 7. The number of hydrogen-bond donors (Lipinski definition) is 3. The van der Waals surface area contributed by atoms with Gasteiger partial charge in [-0.1, -0.05) is 38.8 Å². The maximum atomic E-state index is 12.4. The highest BCUT2D eigenvalue weighted by Gasteiger charge is 2.22. The van der Waals surface area contributed by atoms with Crippen LogP contribution in [0.15, 0.2) is 48.5 Å². The van der Waals surface area contributed by atoms with Gasteiger partial charge in [0.1, 0.15) is 0 Å². The highest BCUT2D eigenvalue weighted by atomic mass is 16.2. The molecule has 0 atom stereocenters. The number of carbonyl (C=O) groups is 3. The Kier molecular flexibility index (Phi) is 7.22. The van der Waals surface area contributed by atoms with Crippen molar-refractivity contribution in [2.24, 2.45) is 11.8 Å². The first-order chi connectivity index (χ1) is 14.4.